The molecule has 10 heteroatoms. The van der Waals surface area contributed by atoms with Gasteiger partial charge in [-0.25, -0.2) is 4.89 Å². The highest BCUT2D eigenvalue weighted by atomic mass is 19.4. The summed E-state index contributed by atoms with van der Waals surface area (Å²) in [5.41, 5.74) is -1.91. The third-order valence-corrected chi connectivity index (χ3v) is 8.20. The minimum absolute atomic E-state index is 0.0625. The van der Waals surface area contributed by atoms with E-state index in [9.17, 15) is 18.4 Å². The molecule has 0 bridgehead atoms. The second-order valence-electron chi connectivity index (χ2n) is 10.7. The average molecular weight is 479 g/mol. The van der Waals surface area contributed by atoms with Crippen molar-refractivity contribution in [2.24, 2.45) is 17.8 Å². The second kappa shape index (κ2) is 9.28. The molecular formula is C23H37F3N2O5. The first kappa shape index (κ1) is 25.2. The van der Waals surface area contributed by atoms with E-state index >= 15 is 0 Å². The molecule has 5 atom stereocenters. The predicted molar refractivity (Wildman–Crippen MR) is 114 cm³/mol. The number of nitrogens with zero attached hydrogens (tertiary/aromatic N) is 2. The molecule has 0 radical (unpaired) electrons. The monoisotopic (exact) mass is 478 g/mol. The third-order valence-electron chi connectivity index (χ3n) is 8.20. The topological polar surface area (TPSA) is 74.6 Å². The molecule has 3 aliphatic heterocycles. The molecule has 0 aromatic rings. The lowest BCUT2D eigenvalue weighted by molar-refractivity contribution is -0.423. The maximum absolute atomic E-state index is 14.3. The van der Waals surface area contributed by atoms with Gasteiger partial charge in [-0.3, -0.25) is 15.1 Å². The first-order valence-electron chi connectivity index (χ1n) is 12.0. The highest BCUT2D eigenvalue weighted by Gasteiger charge is 2.66. The number of alkyl halides is 3. The van der Waals surface area contributed by atoms with Crippen LogP contribution in [0.15, 0.2) is 11.3 Å². The van der Waals surface area contributed by atoms with Crippen molar-refractivity contribution in [3.8, 4) is 0 Å². The maximum atomic E-state index is 14.3. The van der Waals surface area contributed by atoms with Gasteiger partial charge >= 0.3 is 6.18 Å². The summed E-state index contributed by atoms with van der Waals surface area (Å²) in [7, 11) is 0. The van der Waals surface area contributed by atoms with Gasteiger partial charge in [0.15, 0.2) is 5.60 Å². The van der Waals surface area contributed by atoms with Crippen LogP contribution >= 0.6 is 0 Å². The molecule has 7 nitrogen and oxygen atoms in total. The van der Waals surface area contributed by atoms with E-state index in [-0.39, 0.29) is 30.6 Å². The van der Waals surface area contributed by atoms with E-state index in [0.717, 1.165) is 6.42 Å². The smallest absolute Gasteiger partial charge is 0.449 e. The number of aliphatic hydroxyl groups is 1. The molecule has 0 amide bonds. The summed E-state index contributed by atoms with van der Waals surface area (Å²) in [6, 6.07) is 0. The van der Waals surface area contributed by atoms with Gasteiger partial charge < -0.3 is 14.6 Å². The fourth-order valence-electron chi connectivity index (χ4n) is 6.41. The minimum atomic E-state index is -4.67. The summed E-state index contributed by atoms with van der Waals surface area (Å²) in [6.07, 6.45) is -3.45. The molecule has 3 heterocycles. The zero-order valence-corrected chi connectivity index (χ0v) is 19.7. The molecule has 1 saturated carbocycles. The Balaban J connectivity index is 1.72. The van der Waals surface area contributed by atoms with Gasteiger partial charge in [0, 0.05) is 51.1 Å². The van der Waals surface area contributed by atoms with Crippen molar-refractivity contribution in [3.05, 3.63) is 11.3 Å². The van der Waals surface area contributed by atoms with Crippen LogP contribution in [0.3, 0.4) is 0 Å². The molecule has 3 fully saturated rings. The van der Waals surface area contributed by atoms with Crippen molar-refractivity contribution >= 4 is 0 Å². The lowest BCUT2D eigenvalue weighted by atomic mass is 9.59. The molecule has 0 aromatic heterocycles. The third kappa shape index (κ3) is 4.67. The average Bonchev–Trinajstić information content (AvgIpc) is 2.86. The fraction of sp³-hybridized carbons (Fsp3) is 0.913. The van der Waals surface area contributed by atoms with Crippen LogP contribution < -0.4 is 0 Å². The van der Waals surface area contributed by atoms with E-state index in [1.54, 1.807) is 0 Å². The van der Waals surface area contributed by atoms with Gasteiger partial charge in [-0.2, -0.15) is 13.2 Å². The molecule has 33 heavy (non-hydrogen) atoms. The SMILES string of the molecule is C[C@@H]1CC[C@H]2C(CN3CCN(CCO)CC3)=C(C(F)(F)F)O[C@@H]3OC(C)(C)CCC1C32OO. The molecule has 4 aliphatic rings. The first-order valence-corrected chi connectivity index (χ1v) is 12.0. The van der Waals surface area contributed by atoms with Crippen molar-refractivity contribution in [2.75, 3.05) is 45.9 Å². The molecule has 0 spiro atoms. The zero-order valence-electron chi connectivity index (χ0n) is 19.7. The standard InChI is InChI=1S/C23H37F3N2O5/c1-15-4-5-18-16(14-28-10-8-27(9-11-28)12-13-29)19(23(24,25)26)31-20-22(18,33-30)17(15)6-7-21(2,3)32-20/h15,17-18,20,29-30H,4-14H2,1-3H3/t15-,17?,18+,20-,22?/m1/s1. The Morgan fingerprint density at radius 3 is 2.36 bits per heavy atom. The van der Waals surface area contributed by atoms with E-state index in [2.05, 4.69) is 11.8 Å². The number of β-amino-alcohol motifs (C(OH)–C–C–N with tert-alkyl or cyclic N) is 1. The van der Waals surface area contributed by atoms with Crippen LogP contribution in [0.4, 0.5) is 13.2 Å². The zero-order chi connectivity index (χ0) is 24.0. The molecular weight excluding hydrogens is 441 g/mol. The summed E-state index contributed by atoms with van der Waals surface area (Å²) in [4.78, 5) is 9.31. The quantitative estimate of drug-likeness (QED) is 0.464. The molecule has 2 saturated heterocycles. The van der Waals surface area contributed by atoms with Gasteiger partial charge in [-0.1, -0.05) is 6.92 Å². The summed E-state index contributed by atoms with van der Waals surface area (Å²) >= 11 is 0. The van der Waals surface area contributed by atoms with E-state index in [1.165, 1.54) is 0 Å². The fourth-order valence-corrected chi connectivity index (χ4v) is 6.41. The summed E-state index contributed by atoms with van der Waals surface area (Å²) < 4.78 is 54.6. The normalized spacial score (nSPS) is 37.9. The van der Waals surface area contributed by atoms with Gasteiger partial charge in [-0.15, -0.1) is 0 Å². The highest BCUT2D eigenvalue weighted by molar-refractivity contribution is 5.29. The number of aliphatic hydroxyl groups excluding tert-OH is 1. The lowest BCUT2D eigenvalue weighted by Crippen LogP contribution is -2.65. The molecule has 190 valence electrons. The number of piperazine rings is 1. The second-order valence-corrected chi connectivity index (χ2v) is 10.7. The van der Waals surface area contributed by atoms with Crippen LogP contribution in [0.25, 0.3) is 0 Å². The van der Waals surface area contributed by atoms with Crippen molar-refractivity contribution in [1.29, 1.82) is 0 Å². The van der Waals surface area contributed by atoms with E-state index < -0.39 is 35.3 Å². The predicted octanol–water partition coefficient (Wildman–Crippen LogP) is 3.25. The first-order chi connectivity index (χ1) is 15.5. The van der Waals surface area contributed by atoms with Crippen LogP contribution in [0.5, 0.6) is 0 Å². The van der Waals surface area contributed by atoms with Crippen molar-refractivity contribution in [1.82, 2.24) is 9.80 Å². The Morgan fingerprint density at radius 1 is 1.09 bits per heavy atom. The molecule has 4 rings (SSSR count). The van der Waals surface area contributed by atoms with Gasteiger partial charge in [0.25, 0.3) is 0 Å². The largest absolute Gasteiger partial charge is 0.456 e. The van der Waals surface area contributed by atoms with Crippen LogP contribution in [0, 0.1) is 17.8 Å². The number of halogens is 3. The van der Waals surface area contributed by atoms with E-state index in [0.29, 0.717) is 52.0 Å². The molecule has 0 aromatic carbocycles. The highest BCUT2D eigenvalue weighted by Crippen LogP contribution is 2.58. The number of hydrogen-bond acceptors (Lipinski definition) is 7. The Morgan fingerprint density at radius 2 is 1.76 bits per heavy atom. The van der Waals surface area contributed by atoms with E-state index in [1.807, 2.05) is 18.7 Å². The van der Waals surface area contributed by atoms with E-state index in [4.69, 9.17) is 19.5 Å². The summed E-state index contributed by atoms with van der Waals surface area (Å²) in [6.45, 7) is 9.05. The lowest BCUT2D eigenvalue weighted by Gasteiger charge is -2.55. The summed E-state index contributed by atoms with van der Waals surface area (Å²) in [5.74, 6) is -1.66. The molecule has 2 N–H and O–H groups in total. The number of ether oxygens (including phenoxy) is 2. The van der Waals surface area contributed by atoms with Gasteiger partial charge in [0.2, 0.25) is 12.0 Å². The van der Waals surface area contributed by atoms with Crippen molar-refractivity contribution in [2.45, 2.75) is 70.1 Å². The van der Waals surface area contributed by atoms with Crippen LogP contribution in [-0.2, 0) is 14.4 Å². The van der Waals surface area contributed by atoms with Gasteiger partial charge in [0.05, 0.1) is 12.2 Å². The number of rotatable bonds is 5. The molecule has 1 aliphatic carbocycles. The Bertz CT molecular complexity index is 738. The van der Waals surface area contributed by atoms with Gasteiger partial charge in [0.1, 0.15) is 0 Å². The number of hydrogen-bond donors (Lipinski definition) is 2. The van der Waals surface area contributed by atoms with Crippen LogP contribution in [0.1, 0.15) is 46.5 Å². The Kier molecular flexibility index (Phi) is 7.08. The van der Waals surface area contributed by atoms with Crippen LogP contribution in [-0.4, -0.2) is 89.7 Å². The Labute approximate surface area is 193 Å². The Hall–Kier alpha value is -0.910. The minimum Gasteiger partial charge on any atom is -0.456 e. The molecule has 2 unspecified atom stereocenters. The van der Waals surface area contributed by atoms with Gasteiger partial charge in [-0.05, 0) is 51.0 Å². The maximum Gasteiger partial charge on any atom is 0.449 e. The summed E-state index contributed by atoms with van der Waals surface area (Å²) in [5, 5.41) is 19.5. The van der Waals surface area contributed by atoms with Crippen LogP contribution in [0.2, 0.25) is 0 Å². The number of allylic oxidation sites excluding steroid dienone is 1. The van der Waals surface area contributed by atoms with Crippen molar-refractivity contribution < 1.29 is 37.9 Å². The van der Waals surface area contributed by atoms with Crippen molar-refractivity contribution in [3.63, 3.8) is 0 Å².